The highest BCUT2D eigenvalue weighted by Crippen LogP contribution is 2.18. The van der Waals surface area contributed by atoms with Crippen molar-refractivity contribution in [3.05, 3.63) is 77.7 Å². The summed E-state index contributed by atoms with van der Waals surface area (Å²) in [5, 5.41) is 7.98. The molecule has 5 nitrogen and oxygen atoms in total. The summed E-state index contributed by atoms with van der Waals surface area (Å²) >= 11 is 0. The van der Waals surface area contributed by atoms with E-state index in [4.69, 9.17) is 0 Å². The average Bonchev–Trinajstić information content (AvgIpc) is 3.35. The van der Waals surface area contributed by atoms with E-state index < -0.39 is 0 Å². The van der Waals surface area contributed by atoms with Crippen LogP contribution in [-0.4, -0.2) is 27.9 Å². The summed E-state index contributed by atoms with van der Waals surface area (Å²) in [4.78, 5) is 6.89. The Labute approximate surface area is 166 Å². The van der Waals surface area contributed by atoms with Crippen LogP contribution in [0.4, 0.5) is 5.82 Å². The molecular weight excluding hydrogens is 358 g/mol. The largest absolute Gasteiger partial charge is 0.357 e. The van der Waals surface area contributed by atoms with Crippen LogP contribution < -0.4 is 10.2 Å². The lowest BCUT2D eigenvalue weighted by atomic mass is 10.2. The molecule has 0 unspecified atom stereocenters. The number of benzene rings is 1. The van der Waals surface area contributed by atoms with E-state index in [1.54, 1.807) is 0 Å². The highest BCUT2D eigenvalue weighted by molar-refractivity contribution is 5.85. The lowest BCUT2D eigenvalue weighted by Crippen LogP contribution is -2.19. The van der Waals surface area contributed by atoms with E-state index in [9.17, 15) is 0 Å². The van der Waals surface area contributed by atoms with Gasteiger partial charge in [0.25, 0.3) is 0 Å². The summed E-state index contributed by atoms with van der Waals surface area (Å²) in [6.45, 7) is 4.72. The molecule has 0 aliphatic carbocycles. The molecule has 27 heavy (non-hydrogen) atoms. The number of hydrogen-bond acceptors (Lipinski definition) is 4. The highest BCUT2D eigenvalue weighted by atomic mass is 35.5. The highest BCUT2D eigenvalue weighted by Gasteiger charge is 2.13. The van der Waals surface area contributed by atoms with Crippen molar-refractivity contribution in [3.8, 4) is 0 Å². The molecule has 6 heteroatoms. The van der Waals surface area contributed by atoms with Crippen molar-refractivity contribution in [1.29, 1.82) is 0 Å². The molecule has 1 aromatic carbocycles. The molecular formula is C21H26ClN5. The van der Waals surface area contributed by atoms with Crippen LogP contribution in [-0.2, 0) is 19.6 Å². The molecule has 3 aromatic rings. The number of pyridine rings is 1. The minimum Gasteiger partial charge on any atom is -0.357 e. The number of hydrogen-bond donors (Lipinski definition) is 1. The van der Waals surface area contributed by atoms with Gasteiger partial charge in [-0.3, -0.25) is 4.68 Å². The summed E-state index contributed by atoms with van der Waals surface area (Å²) in [6, 6.07) is 14.7. The second-order valence-electron chi connectivity index (χ2n) is 6.85. The van der Waals surface area contributed by atoms with Gasteiger partial charge in [0, 0.05) is 44.1 Å². The number of halogens is 1. The smallest absolute Gasteiger partial charge is 0.128 e. The van der Waals surface area contributed by atoms with Crippen molar-refractivity contribution < 1.29 is 0 Å². The van der Waals surface area contributed by atoms with Crippen molar-refractivity contribution in [2.45, 2.75) is 32.5 Å². The van der Waals surface area contributed by atoms with Crippen LogP contribution in [0.3, 0.4) is 0 Å². The third kappa shape index (κ3) is 5.31. The first-order valence-electron chi connectivity index (χ1n) is 9.33. The molecule has 0 spiro atoms. The Bertz CT molecular complexity index is 827. The van der Waals surface area contributed by atoms with Gasteiger partial charge in [0.05, 0.1) is 12.7 Å². The number of rotatable bonds is 7. The van der Waals surface area contributed by atoms with Crippen LogP contribution in [0.25, 0.3) is 0 Å². The maximum Gasteiger partial charge on any atom is 0.128 e. The quantitative estimate of drug-likeness (QED) is 0.676. The van der Waals surface area contributed by atoms with Gasteiger partial charge in [-0.25, -0.2) is 4.98 Å². The van der Waals surface area contributed by atoms with E-state index in [0.29, 0.717) is 0 Å². The standard InChI is InChI=1S/C21H25N5.ClH/c1-2-6-18(7-3-1)16-26-17-20(15-24-26)14-22-13-19-8-9-23-21(12-19)25-10-4-5-11-25;/h1-3,6-9,12,15,17,22H,4-5,10-11,13-14,16H2;1H. The van der Waals surface area contributed by atoms with Gasteiger partial charge >= 0.3 is 0 Å². The predicted molar refractivity (Wildman–Crippen MR) is 111 cm³/mol. The second-order valence-corrected chi connectivity index (χ2v) is 6.85. The summed E-state index contributed by atoms with van der Waals surface area (Å²) in [6.07, 6.45) is 8.52. The molecule has 1 N–H and O–H groups in total. The monoisotopic (exact) mass is 383 g/mol. The first-order valence-corrected chi connectivity index (χ1v) is 9.33. The van der Waals surface area contributed by atoms with Crippen molar-refractivity contribution in [3.63, 3.8) is 0 Å². The van der Waals surface area contributed by atoms with Gasteiger partial charge in [-0.1, -0.05) is 30.3 Å². The SMILES string of the molecule is Cl.c1ccc(Cn2cc(CNCc3ccnc(N4CCCC4)c3)cn2)cc1. The topological polar surface area (TPSA) is 46.0 Å². The van der Waals surface area contributed by atoms with Crippen molar-refractivity contribution in [2.75, 3.05) is 18.0 Å². The Morgan fingerprint density at radius 2 is 1.70 bits per heavy atom. The molecule has 142 valence electrons. The van der Waals surface area contributed by atoms with Crippen LogP contribution in [0.2, 0.25) is 0 Å². The minimum atomic E-state index is 0. The zero-order chi connectivity index (χ0) is 17.6. The third-order valence-electron chi connectivity index (χ3n) is 4.77. The van der Waals surface area contributed by atoms with Gasteiger partial charge < -0.3 is 10.2 Å². The lowest BCUT2D eigenvalue weighted by molar-refractivity contribution is 0.677. The molecule has 0 saturated carbocycles. The van der Waals surface area contributed by atoms with Crippen LogP contribution >= 0.6 is 12.4 Å². The summed E-state index contributed by atoms with van der Waals surface area (Å²) in [5.41, 5.74) is 3.75. The maximum atomic E-state index is 4.52. The fraction of sp³-hybridized carbons (Fsp3) is 0.333. The van der Waals surface area contributed by atoms with Crippen LogP contribution in [0.15, 0.2) is 61.1 Å². The Kier molecular flexibility index (Phi) is 6.85. The van der Waals surface area contributed by atoms with E-state index in [1.807, 2.05) is 23.1 Å². The Morgan fingerprint density at radius 3 is 2.52 bits per heavy atom. The zero-order valence-corrected chi connectivity index (χ0v) is 16.2. The van der Waals surface area contributed by atoms with Gasteiger partial charge in [-0.05, 0) is 36.1 Å². The molecule has 0 amide bonds. The summed E-state index contributed by atoms with van der Waals surface area (Å²) in [7, 11) is 0. The molecule has 1 saturated heterocycles. The fourth-order valence-corrected chi connectivity index (χ4v) is 3.40. The zero-order valence-electron chi connectivity index (χ0n) is 15.4. The normalized spacial score (nSPS) is 13.6. The Morgan fingerprint density at radius 1 is 0.926 bits per heavy atom. The van der Waals surface area contributed by atoms with Crippen molar-refractivity contribution in [1.82, 2.24) is 20.1 Å². The Hall–Kier alpha value is -2.37. The van der Waals surface area contributed by atoms with Gasteiger partial charge in [0.1, 0.15) is 5.82 Å². The molecule has 0 radical (unpaired) electrons. The second kappa shape index (κ2) is 9.53. The fourth-order valence-electron chi connectivity index (χ4n) is 3.40. The van der Waals surface area contributed by atoms with Crippen LogP contribution in [0.1, 0.15) is 29.5 Å². The molecule has 1 aliphatic heterocycles. The van der Waals surface area contributed by atoms with Gasteiger partial charge in [0.15, 0.2) is 0 Å². The van der Waals surface area contributed by atoms with Gasteiger partial charge in [-0.2, -0.15) is 5.10 Å². The van der Waals surface area contributed by atoms with E-state index in [-0.39, 0.29) is 12.4 Å². The molecule has 2 aromatic heterocycles. The summed E-state index contributed by atoms with van der Waals surface area (Å²) in [5.74, 6) is 1.11. The molecule has 4 rings (SSSR count). The molecule has 3 heterocycles. The molecule has 0 bridgehead atoms. The van der Waals surface area contributed by atoms with E-state index >= 15 is 0 Å². The number of aromatic nitrogens is 3. The summed E-state index contributed by atoms with van der Waals surface area (Å²) < 4.78 is 1.99. The molecule has 1 fully saturated rings. The molecule has 1 aliphatic rings. The van der Waals surface area contributed by atoms with Crippen molar-refractivity contribution in [2.24, 2.45) is 0 Å². The van der Waals surface area contributed by atoms with Crippen LogP contribution in [0.5, 0.6) is 0 Å². The van der Waals surface area contributed by atoms with Crippen LogP contribution in [0, 0.1) is 0 Å². The Balaban J connectivity index is 0.00000210. The number of nitrogens with one attached hydrogen (secondary N) is 1. The number of anilines is 1. The first-order chi connectivity index (χ1) is 12.9. The lowest BCUT2D eigenvalue weighted by Gasteiger charge is -2.16. The minimum absolute atomic E-state index is 0. The number of nitrogens with zero attached hydrogens (tertiary/aromatic N) is 4. The average molecular weight is 384 g/mol. The van der Waals surface area contributed by atoms with E-state index in [1.165, 1.54) is 29.5 Å². The van der Waals surface area contributed by atoms with Crippen molar-refractivity contribution >= 4 is 18.2 Å². The van der Waals surface area contributed by atoms with E-state index in [0.717, 1.165) is 38.5 Å². The molecule has 0 atom stereocenters. The predicted octanol–water partition coefficient (Wildman–Crippen LogP) is 3.64. The third-order valence-corrected chi connectivity index (χ3v) is 4.77. The van der Waals surface area contributed by atoms with Gasteiger partial charge in [0.2, 0.25) is 0 Å². The first kappa shape index (κ1) is 19.4. The van der Waals surface area contributed by atoms with Gasteiger partial charge in [-0.15, -0.1) is 12.4 Å². The maximum absolute atomic E-state index is 4.52. The van der Waals surface area contributed by atoms with E-state index in [2.05, 4.69) is 62.9 Å².